The molecule has 2 aliphatic rings. The van der Waals surface area contributed by atoms with Gasteiger partial charge < -0.3 is 10.6 Å². The minimum Gasteiger partial charge on any atom is -0.329 e. The zero-order chi connectivity index (χ0) is 20.0. The number of aliphatic imine (C=N–C) groups is 1. The van der Waals surface area contributed by atoms with Crippen LogP contribution < -0.4 is 10.6 Å². The van der Waals surface area contributed by atoms with Crippen LogP contribution in [0.15, 0.2) is 59.2 Å². The molecule has 5 nitrogen and oxygen atoms in total. The topological polar surface area (TPSA) is 66.4 Å². The third-order valence-electron chi connectivity index (χ3n) is 5.03. The number of allylic oxidation sites excluding steroid dienone is 1. The number of hydrogen-bond acceptors (Lipinski definition) is 6. The Hall–Kier alpha value is -3.13. The van der Waals surface area contributed by atoms with Crippen LogP contribution in [0.2, 0.25) is 0 Å². The van der Waals surface area contributed by atoms with Gasteiger partial charge in [0.15, 0.2) is 5.13 Å². The molecule has 0 saturated heterocycles. The molecule has 0 radical (unpaired) electrons. The third kappa shape index (κ3) is 3.40. The average Bonchev–Trinajstić information content (AvgIpc) is 3.09. The molecule has 0 spiro atoms. The van der Waals surface area contributed by atoms with E-state index < -0.39 is 23.6 Å². The molecule has 2 aromatic carbocycles. The lowest BCUT2D eigenvalue weighted by molar-refractivity contribution is -0.122. The number of ketones is 1. The van der Waals surface area contributed by atoms with Gasteiger partial charge in [-0.05, 0) is 36.2 Å². The Morgan fingerprint density at radius 2 is 1.93 bits per heavy atom. The molecule has 146 valence electrons. The van der Waals surface area contributed by atoms with Gasteiger partial charge in [0.2, 0.25) is 5.96 Å². The van der Waals surface area contributed by atoms with Crippen LogP contribution in [0.3, 0.4) is 0 Å². The highest BCUT2D eigenvalue weighted by Gasteiger charge is 2.38. The van der Waals surface area contributed by atoms with Crippen molar-refractivity contribution in [3.8, 4) is 0 Å². The van der Waals surface area contributed by atoms with Crippen LogP contribution in [0.25, 0.3) is 10.2 Å². The summed E-state index contributed by atoms with van der Waals surface area (Å²) < 4.78 is 28.7. The van der Waals surface area contributed by atoms with Crippen LogP contribution in [-0.4, -0.2) is 16.7 Å². The summed E-state index contributed by atoms with van der Waals surface area (Å²) in [6, 6.07) is 10.3. The highest BCUT2D eigenvalue weighted by molar-refractivity contribution is 7.22. The smallest absolute Gasteiger partial charge is 0.202 e. The van der Waals surface area contributed by atoms with Gasteiger partial charge in [0.05, 0.1) is 22.2 Å². The largest absolute Gasteiger partial charge is 0.329 e. The van der Waals surface area contributed by atoms with E-state index in [1.807, 2.05) is 30.3 Å². The first-order chi connectivity index (χ1) is 14.1. The summed E-state index contributed by atoms with van der Waals surface area (Å²) in [5, 5.41) is 6.96. The van der Waals surface area contributed by atoms with Crippen molar-refractivity contribution in [2.24, 2.45) is 10.9 Å². The standard InChI is InChI=1S/C21H16F2N4OS/c22-12-8-11(9-13(23)10-12)19-18-15(5-3-6-16(18)28)24-20(26-19)27-21-25-14-4-1-2-7-17(14)29-21/h1-2,4-5,7-10,18-19H,3,6H2,(H2,24,25,26,27)/t18-,19-/m0/s1. The number of carbonyl (C=O) groups is 1. The van der Waals surface area contributed by atoms with Crippen molar-refractivity contribution >= 4 is 38.4 Å². The molecule has 2 N–H and O–H groups in total. The molecular formula is C21H16F2N4OS. The first kappa shape index (κ1) is 17.9. The number of rotatable bonds is 2. The van der Waals surface area contributed by atoms with E-state index in [0.29, 0.717) is 35.2 Å². The quantitative estimate of drug-likeness (QED) is 0.651. The van der Waals surface area contributed by atoms with E-state index in [1.54, 1.807) is 0 Å². The van der Waals surface area contributed by atoms with Crippen molar-refractivity contribution in [2.45, 2.75) is 18.9 Å². The molecule has 2 heterocycles. The van der Waals surface area contributed by atoms with Crippen LogP contribution in [0.5, 0.6) is 0 Å². The molecule has 5 rings (SSSR count). The maximum Gasteiger partial charge on any atom is 0.202 e. The highest BCUT2D eigenvalue weighted by atomic mass is 32.1. The second-order valence-electron chi connectivity index (χ2n) is 7.00. The fourth-order valence-corrected chi connectivity index (χ4v) is 4.65. The van der Waals surface area contributed by atoms with Crippen molar-refractivity contribution in [2.75, 3.05) is 5.32 Å². The van der Waals surface area contributed by atoms with Crippen molar-refractivity contribution < 1.29 is 13.6 Å². The summed E-state index contributed by atoms with van der Waals surface area (Å²) in [6.45, 7) is 0. The zero-order valence-corrected chi connectivity index (χ0v) is 16.0. The first-order valence-corrected chi connectivity index (χ1v) is 10.0. The first-order valence-electron chi connectivity index (χ1n) is 9.23. The lowest BCUT2D eigenvalue weighted by Crippen LogP contribution is -2.43. The highest BCUT2D eigenvalue weighted by Crippen LogP contribution is 2.38. The van der Waals surface area contributed by atoms with Crippen molar-refractivity contribution in [1.82, 2.24) is 10.3 Å². The van der Waals surface area contributed by atoms with E-state index in [-0.39, 0.29) is 5.78 Å². The molecule has 0 saturated carbocycles. The molecule has 1 aliphatic carbocycles. The predicted molar refractivity (Wildman–Crippen MR) is 109 cm³/mol. The molecular weight excluding hydrogens is 394 g/mol. The van der Waals surface area contributed by atoms with Crippen LogP contribution in [-0.2, 0) is 4.79 Å². The number of nitrogens with zero attached hydrogens (tertiary/aromatic N) is 2. The van der Waals surface area contributed by atoms with E-state index in [2.05, 4.69) is 20.6 Å². The Balaban J connectivity index is 1.55. The Morgan fingerprint density at radius 3 is 2.72 bits per heavy atom. The van der Waals surface area contributed by atoms with Gasteiger partial charge in [-0.15, -0.1) is 0 Å². The molecule has 8 heteroatoms. The van der Waals surface area contributed by atoms with Crippen molar-refractivity contribution in [1.29, 1.82) is 0 Å². The number of benzene rings is 2. The summed E-state index contributed by atoms with van der Waals surface area (Å²) in [4.78, 5) is 21.7. The summed E-state index contributed by atoms with van der Waals surface area (Å²) in [5.41, 5.74) is 1.90. The minimum atomic E-state index is -0.711. The van der Waals surface area contributed by atoms with Crippen LogP contribution in [0, 0.1) is 17.6 Å². The van der Waals surface area contributed by atoms with E-state index in [1.165, 1.54) is 23.5 Å². The number of fused-ring (bicyclic) bond motifs is 2. The number of nitrogens with one attached hydrogen (secondary N) is 2. The summed E-state index contributed by atoms with van der Waals surface area (Å²) in [5.74, 6) is -1.55. The van der Waals surface area contributed by atoms with Gasteiger partial charge in [0.25, 0.3) is 0 Å². The molecule has 0 unspecified atom stereocenters. The third-order valence-corrected chi connectivity index (χ3v) is 5.98. The monoisotopic (exact) mass is 410 g/mol. The number of Topliss-reactive ketones (excluding diaryl/α,β-unsaturated/α-hetero) is 1. The Labute approximate surface area is 169 Å². The Bertz CT molecular complexity index is 1130. The summed E-state index contributed by atoms with van der Waals surface area (Å²) in [7, 11) is 0. The fraction of sp³-hybridized carbons (Fsp3) is 0.190. The Morgan fingerprint density at radius 1 is 1.14 bits per heavy atom. The van der Waals surface area contributed by atoms with Crippen molar-refractivity contribution in [3.05, 3.63) is 71.4 Å². The average molecular weight is 410 g/mol. The fourth-order valence-electron chi connectivity index (χ4n) is 3.79. The van der Waals surface area contributed by atoms with Gasteiger partial charge in [-0.3, -0.25) is 4.79 Å². The second kappa shape index (κ2) is 7.04. The van der Waals surface area contributed by atoms with Gasteiger partial charge in [0.1, 0.15) is 17.4 Å². The summed E-state index contributed by atoms with van der Waals surface area (Å²) in [6.07, 6.45) is 2.96. The maximum absolute atomic E-state index is 13.8. The lowest BCUT2D eigenvalue weighted by atomic mass is 9.81. The molecule has 1 aliphatic heterocycles. The van der Waals surface area contributed by atoms with E-state index in [4.69, 9.17) is 0 Å². The van der Waals surface area contributed by atoms with Crippen LogP contribution in [0.1, 0.15) is 24.4 Å². The number of para-hydroxylation sites is 1. The van der Waals surface area contributed by atoms with Gasteiger partial charge in [-0.25, -0.2) is 18.8 Å². The number of anilines is 1. The number of hydrogen-bond donors (Lipinski definition) is 2. The predicted octanol–water partition coefficient (Wildman–Crippen LogP) is 4.55. The molecule has 0 fully saturated rings. The van der Waals surface area contributed by atoms with E-state index >= 15 is 0 Å². The van der Waals surface area contributed by atoms with Crippen molar-refractivity contribution in [3.63, 3.8) is 0 Å². The van der Waals surface area contributed by atoms with Crippen LogP contribution >= 0.6 is 11.3 Å². The Kier molecular flexibility index (Phi) is 4.35. The SMILES string of the molecule is O=C1CCC=C2NC(Nc3nc4ccccc4s3)=N[C@@H](c3cc(F)cc(F)c3)[C@H]12. The van der Waals surface area contributed by atoms with Gasteiger partial charge in [-0.2, -0.15) is 0 Å². The molecule has 3 aromatic rings. The number of aromatic nitrogens is 1. The number of halogens is 2. The van der Waals surface area contributed by atoms with E-state index in [9.17, 15) is 13.6 Å². The minimum absolute atomic E-state index is 0.00690. The van der Waals surface area contributed by atoms with Gasteiger partial charge >= 0.3 is 0 Å². The van der Waals surface area contributed by atoms with Gasteiger partial charge in [0, 0.05) is 18.2 Å². The normalized spacial score (nSPS) is 21.2. The lowest BCUT2D eigenvalue weighted by Gasteiger charge is -2.34. The summed E-state index contributed by atoms with van der Waals surface area (Å²) >= 11 is 1.47. The molecule has 0 bridgehead atoms. The second-order valence-corrected chi connectivity index (χ2v) is 8.03. The molecule has 1 aromatic heterocycles. The van der Waals surface area contributed by atoms with E-state index in [0.717, 1.165) is 16.3 Å². The van der Waals surface area contributed by atoms with Gasteiger partial charge in [-0.1, -0.05) is 29.5 Å². The van der Waals surface area contributed by atoms with Crippen LogP contribution in [0.4, 0.5) is 13.9 Å². The molecule has 0 amide bonds. The number of carbonyl (C=O) groups excluding carboxylic acids is 1. The molecule has 2 atom stereocenters. The number of guanidine groups is 1. The zero-order valence-electron chi connectivity index (χ0n) is 15.2. The maximum atomic E-state index is 13.8. The number of thiazole rings is 1. The molecule has 29 heavy (non-hydrogen) atoms.